The number of ether oxygens (including phenoxy) is 1. The van der Waals surface area contributed by atoms with Gasteiger partial charge in [-0.05, 0) is 35.6 Å². The van der Waals surface area contributed by atoms with E-state index in [1.807, 2.05) is 13.0 Å². The van der Waals surface area contributed by atoms with Gasteiger partial charge in [0.25, 0.3) is 0 Å². The Bertz CT molecular complexity index is 526. The quantitative estimate of drug-likeness (QED) is 0.837. The predicted octanol–water partition coefficient (Wildman–Crippen LogP) is 2.70. The van der Waals surface area contributed by atoms with Gasteiger partial charge in [-0.25, -0.2) is 0 Å². The highest BCUT2D eigenvalue weighted by Gasteiger charge is 2.43. The normalized spacial score (nSPS) is 14.9. The van der Waals surface area contributed by atoms with Crippen LogP contribution in [0.15, 0.2) is 12.1 Å². The fourth-order valence-electron chi connectivity index (χ4n) is 2.46. The first kappa shape index (κ1) is 14.7. The van der Waals surface area contributed by atoms with Crippen molar-refractivity contribution in [2.75, 3.05) is 13.7 Å². The average molecular weight is 287 g/mol. The van der Waals surface area contributed by atoms with Gasteiger partial charge in [0, 0.05) is 13.1 Å². The molecule has 0 spiro atoms. The first-order valence-corrected chi connectivity index (χ1v) is 6.41. The van der Waals surface area contributed by atoms with Crippen molar-refractivity contribution in [2.24, 2.45) is 0 Å². The maximum atomic E-state index is 12.5. The molecule has 6 heteroatoms. The molecule has 1 amide bonds. The van der Waals surface area contributed by atoms with E-state index in [0.29, 0.717) is 12.2 Å². The van der Waals surface area contributed by atoms with Gasteiger partial charge in [0.05, 0.1) is 7.11 Å². The Morgan fingerprint density at radius 1 is 1.35 bits per heavy atom. The molecule has 0 aromatic heterocycles. The lowest BCUT2D eigenvalue weighted by molar-refractivity contribution is -0.186. The molecule has 2 rings (SSSR count). The molecule has 0 saturated carbocycles. The zero-order valence-electron chi connectivity index (χ0n) is 11.4. The van der Waals surface area contributed by atoms with E-state index in [9.17, 15) is 18.0 Å². The fraction of sp³-hybridized carbons (Fsp3) is 0.500. The van der Waals surface area contributed by atoms with Crippen molar-refractivity contribution >= 4 is 5.91 Å². The molecule has 0 unspecified atom stereocenters. The van der Waals surface area contributed by atoms with Crippen LogP contribution in [0.25, 0.3) is 0 Å². The summed E-state index contributed by atoms with van der Waals surface area (Å²) in [6, 6.07) is 3.70. The number of rotatable bonds is 2. The van der Waals surface area contributed by atoms with Gasteiger partial charge in [-0.3, -0.25) is 4.79 Å². The van der Waals surface area contributed by atoms with Gasteiger partial charge in [0.1, 0.15) is 5.75 Å². The van der Waals surface area contributed by atoms with Gasteiger partial charge >= 0.3 is 12.1 Å². The van der Waals surface area contributed by atoms with Crippen molar-refractivity contribution in [3.63, 3.8) is 0 Å². The van der Waals surface area contributed by atoms with Gasteiger partial charge in [-0.1, -0.05) is 13.0 Å². The third kappa shape index (κ3) is 2.73. The fourth-order valence-corrected chi connectivity index (χ4v) is 2.46. The summed E-state index contributed by atoms with van der Waals surface area (Å²) in [5.41, 5.74) is 2.75. The van der Waals surface area contributed by atoms with E-state index >= 15 is 0 Å². The minimum Gasteiger partial charge on any atom is -0.496 e. The SMILES string of the molecule is CCc1cc2c(cc1OC)CN(C(=O)C(F)(F)F)CC2. The molecule has 110 valence electrons. The smallest absolute Gasteiger partial charge is 0.471 e. The van der Waals surface area contributed by atoms with Crippen molar-refractivity contribution in [3.05, 3.63) is 28.8 Å². The van der Waals surface area contributed by atoms with Gasteiger partial charge in [-0.2, -0.15) is 13.2 Å². The molecular formula is C14H16F3NO2. The van der Waals surface area contributed by atoms with E-state index in [0.717, 1.165) is 28.0 Å². The number of carbonyl (C=O) groups is 1. The van der Waals surface area contributed by atoms with Gasteiger partial charge in [0.2, 0.25) is 0 Å². The second kappa shape index (κ2) is 5.34. The minimum atomic E-state index is -4.81. The van der Waals surface area contributed by atoms with Crippen LogP contribution in [0.5, 0.6) is 5.75 Å². The number of nitrogens with zero attached hydrogens (tertiary/aromatic N) is 1. The number of carbonyl (C=O) groups excluding carboxylic acids is 1. The lowest BCUT2D eigenvalue weighted by Crippen LogP contribution is -2.43. The van der Waals surface area contributed by atoms with E-state index < -0.39 is 12.1 Å². The molecular weight excluding hydrogens is 271 g/mol. The largest absolute Gasteiger partial charge is 0.496 e. The van der Waals surface area contributed by atoms with Crippen LogP contribution in [0.4, 0.5) is 13.2 Å². The lowest BCUT2D eigenvalue weighted by atomic mass is 9.95. The summed E-state index contributed by atoms with van der Waals surface area (Å²) in [4.78, 5) is 12.1. The lowest BCUT2D eigenvalue weighted by Gasteiger charge is -2.30. The Morgan fingerprint density at radius 3 is 2.60 bits per heavy atom. The van der Waals surface area contributed by atoms with Crippen LogP contribution in [0.3, 0.4) is 0 Å². The molecule has 20 heavy (non-hydrogen) atoms. The van der Waals surface area contributed by atoms with Crippen molar-refractivity contribution in [3.8, 4) is 5.75 Å². The van der Waals surface area contributed by atoms with E-state index in [4.69, 9.17) is 4.74 Å². The highest BCUT2D eigenvalue weighted by Crippen LogP contribution is 2.30. The number of hydrogen-bond acceptors (Lipinski definition) is 2. The topological polar surface area (TPSA) is 29.5 Å². The van der Waals surface area contributed by atoms with E-state index in [-0.39, 0.29) is 13.1 Å². The molecule has 1 heterocycles. The molecule has 0 radical (unpaired) electrons. The first-order valence-electron chi connectivity index (χ1n) is 6.41. The summed E-state index contributed by atoms with van der Waals surface area (Å²) in [5, 5.41) is 0. The molecule has 0 atom stereocenters. The van der Waals surface area contributed by atoms with Gasteiger partial charge < -0.3 is 9.64 Å². The maximum Gasteiger partial charge on any atom is 0.471 e. The summed E-state index contributed by atoms with van der Waals surface area (Å²) >= 11 is 0. The van der Waals surface area contributed by atoms with Crippen LogP contribution in [0.2, 0.25) is 0 Å². The zero-order chi connectivity index (χ0) is 14.9. The Balaban J connectivity index is 2.28. The number of alkyl halides is 3. The standard InChI is InChI=1S/C14H16F3NO2/c1-3-9-6-10-4-5-18(13(19)14(15,16)17)8-11(10)7-12(9)20-2/h6-7H,3-5,8H2,1-2H3. The summed E-state index contributed by atoms with van der Waals surface area (Å²) in [6.45, 7) is 2.07. The van der Waals surface area contributed by atoms with Crippen LogP contribution in [0.1, 0.15) is 23.6 Å². The number of halogens is 3. The van der Waals surface area contributed by atoms with Crippen LogP contribution < -0.4 is 4.74 Å². The van der Waals surface area contributed by atoms with Crippen LogP contribution in [0, 0.1) is 0 Å². The molecule has 0 N–H and O–H groups in total. The molecule has 1 aliphatic rings. The number of amides is 1. The molecule has 0 fully saturated rings. The van der Waals surface area contributed by atoms with E-state index in [1.165, 1.54) is 7.11 Å². The Kier molecular flexibility index (Phi) is 3.92. The highest BCUT2D eigenvalue weighted by molar-refractivity contribution is 5.82. The maximum absolute atomic E-state index is 12.5. The van der Waals surface area contributed by atoms with Crippen LogP contribution in [-0.2, 0) is 24.2 Å². The second-order valence-corrected chi connectivity index (χ2v) is 4.76. The van der Waals surface area contributed by atoms with Crippen molar-refractivity contribution in [2.45, 2.75) is 32.5 Å². The second-order valence-electron chi connectivity index (χ2n) is 4.76. The molecule has 0 saturated heterocycles. The molecule has 0 aliphatic carbocycles. The Hall–Kier alpha value is -1.72. The van der Waals surface area contributed by atoms with E-state index in [1.54, 1.807) is 6.07 Å². The summed E-state index contributed by atoms with van der Waals surface area (Å²) < 4.78 is 42.6. The number of fused-ring (bicyclic) bond motifs is 1. The van der Waals surface area contributed by atoms with Crippen molar-refractivity contribution in [1.29, 1.82) is 0 Å². The summed E-state index contributed by atoms with van der Waals surface area (Å²) in [6.07, 6.45) is -3.58. The number of methoxy groups -OCH3 is 1. The highest BCUT2D eigenvalue weighted by atomic mass is 19.4. The number of benzene rings is 1. The van der Waals surface area contributed by atoms with Gasteiger partial charge in [-0.15, -0.1) is 0 Å². The molecule has 3 nitrogen and oxygen atoms in total. The van der Waals surface area contributed by atoms with Crippen LogP contribution >= 0.6 is 0 Å². The molecule has 1 aliphatic heterocycles. The number of aryl methyl sites for hydroxylation is 1. The van der Waals surface area contributed by atoms with Crippen molar-refractivity contribution < 1.29 is 22.7 Å². The van der Waals surface area contributed by atoms with E-state index in [2.05, 4.69) is 0 Å². The average Bonchev–Trinajstić information content (AvgIpc) is 2.43. The third-order valence-corrected chi connectivity index (χ3v) is 3.53. The van der Waals surface area contributed by atoms with Gasteiger partial charge in [0.15, 0.2) is 0 Å². The Labute approximate surface area is 115 Å². The molecule has 1 aromatic carbocycles. The number of hydrogen-bond donors (Lipinski definition) is 0. The predicted molar refractivity (Wildman–Crippen MR) is 67.5 cm³/mol. The Morgan fingerprint density at radius 2 is 2.05 bits per heavy atom. The monoisotopic (exact) mass is 287 g/mol. The first-order chi connectivity index (χ1) is 9.36. The van der Waals surface area contributed by atoms with Crippen LogP contribution in [-0.4, -0.2) is 30.6 Å². The van der Waals surface area contributed by atoms with Crippen molar-refractivity contribution in [1.82, 2.24) is 4.90 Å². The minimum absolute atomic E-state index is 0.0198. The summed E-state index contributed by atoms with van der Waals surface area (Å²) in [5.74, 6) is -1.12. The molecule has 1 aromatic rings. The summed E-state index contributed by atoms with van der Waals surface area (Å²) in [7, 11) is 1.53. The molecule has 0 bridgehead atoms. The third-order valence-electron chi connectivity index (χ3n) is 3.53. The zero-order valence-corrected chi connectivity index (χ0v) is 11.4.